The van der Waals surface area contributed by atoms with Gasteiger partial charge in [-0.3, -0.25) is 0 Å². The summed E-state index contributed by atoms with van der Waals surface area (Å²) in [6, 6.07) is 16.9. The van der Waals surface area contributed by atoms with Crippen LogP contribution in [0.15, 0.2) is 48.5 Å². The van der Waals surface area contributed by atoms with Crippen molar-refractivity contribution < 1.29 is 9.47 Å². The van der Waals surface area contributed by atoms with Crippen molar-refractivity contribution in [2.45, 2.75) is 18.8 Å². The van der Waals surface area contributed by atoms with E-state index in [2.05, 4.69) is 42.5 Å². The molecule has 0 amide bonds. The van der Waals surface area contributed by atoms with Gasteiger partial charge >= 0.3 is 0 Å². The molecule has 1 saturated carbocycles. The van der Waals surface area contributed by atoms with Gasteiger partial charge in [0.1, 0.15) is 11.5 Å². The van der Waals surface area contributed by atoms with Crippen molar-refractivity contribution in [2.24, 2.45) is 5.92 Å². The number of methoxy groups -OCH3 is 2. The van der Waals surface area contributed by atoms with Gasteiger partial charge in [0, 0.05) is 6.07 Å². The van der Waals surface area contributed by atoms with Crippen LogP contribution in [-0.2, 0) is 6.42 Å². The lowest BCUT2D eigenvalue weighted by Gasteiger charge is -2.08. The number of hydrogen-bond acceptors (Lipinski definition) is 2. The summed E-state index contributed by atoms with van der Waals surface area (Å²) in [5, 5.41) is 0. The van der Waals surface area contributed by atoms with Gasteiger partial charge in [-0.15, -0.1) is 0 Å². The third kappa shape index (κ3) is 2.79. The van der Waals surface area contributed by atoms with Crippen LogP contribution in [0.1, 0.15) is 23.5 Å². The van der Waals surface area contributed by atoms with Crippen LogP contribution < -0.4 is 9.47 Å². The average molecular weight is 268 g/mol. The molecular formula is C18H20O2. The van der Waals surface area contributed by atoms with Crippen molar-refractivity contribution in [3.63, 3.8) is 0 Å². The molecule has 0 bridgehead atoms. The van der Waals surface area contributed by atoms with E-state index < -0.39 is 0 Å². The van der Waals surface area contributed by atoms with E-state index in [-0.39, 0.29) is 0 Å². The Balaban J connectivity index is 1.72. The van der Waals surface area contributed by atoms with Gasteiger partial charge in [-0.05, 0) is 47.9 Å². The van der Waals surface area contributed by atoms with Crippen molar-refractivity contribution >= 4 is 0 Å². The fourth-order valence-corrected chi connectivity index (χ4v) is 2.84. The Morgan fingerprint density at radius 1 is 0.950 bits per heavy atom. The van der Waals surface area contributed by atoms with Gasteiger partial charge in [0.25, 0.3) is 0 Å². The van der Waals surface area contributed by atoms with E-state index in [0.29, 0.717) is 5.92 Å². The van der Waals surface area contributed by atoms with Crippen LogP contribution in [0.25, 0.3) is 0 Å². The molecule has 104 valence electrons. The third-order valence-corrected chi connectivity index (χ3v) is 4.07. The van der Waals surface area contributed by atoms with Gasteiger partial charge in [0.05, 0.1) is 14.2 Å². The Labute approximate surface area is 120 Å². The molecule has 2 atom stereocenters. The molecule has 0 unspecified atom stereocenters. The molecule has 0 heterocycles. The van der Waals surface area contributed by atoms with Crippen LogP contribution in [0, 0.1) is 5.92 Å². The number of rotatable bonds is 5. The van der Waals surface area contributed by atoms with Crippen molar-refractivity contribution in [3.8, 4) is 11.5 Å². The van der Waals surface area contributed by atoms with E-state index in [0.717, 1.165) is 23.8 Å². The molecule has 0 spiro atoms. The first-order valence-electron chi connectivity index (χ1n) is 7.07. The normalized spacial score (nSPS) is 20.5. The average Bonchev–Trinajstić information content (AvgIpc) is 3.27. The van der Waals surface area contributed by atoms with Gasteiger partial charge in [0.2, 0.25) is 0 Å². The Morgan fingerprint density at radius 2 is 1.60 bits per heavy atom. The monoisotopic (exact) mass is 268 g/mol. The van der Waals surface area contributed by atoms with Crippen LogP contribution in [0.5, 0.6) is 11.5 Å². The van der Waals surface area contributed by atoms with Crippen LogP contribution in [0.2, 0.25) is 0 Å². The van der Waals surface area contributed by atoms with Gasteiger partial charge in [-0.2, -0.15) is 0 Å². The van der Waals surface area contributed by atoms with Gasteiger partial charge in [-0.1, -0.05) is 30.3 Å². The highest BCUT2D eigenvalue weighted by Crippen LogP contribution is 2.50. The zero-order chi connectivity index (χ0) is 13.9. The largest absolute Gasteiger partial charge is 0.497 e. The maximum Gasteiger partial charge on any atom is 0.122 e. The van der Waals surface area contributed by atoms with E-state index in [4.69, 9.17) is 9.47 Å². The number of ether oxygens (including phenoxy) is 2. The fraction of sp³-hybridized carbons (Fsp3) is 0.333. The Bertz CT molecular complexity index is 555. The predicted molar refractivity (Wildman–Crippen MR) is 80.5 cm³/mol. The van der Waals surface area contributed by atoms with Crippen molar-refractivity contribution in [3.05, 3.63) is 59.7 Å². The lowest BCUT2D eigenvalue weighted by Crippen LogP contribution is -1.93. The predicted octanol–water partition coefficient (Wildman–Crippen LogP) is 4.05. The van der Waals surface area contributed by atoms with Crippen LogP contribution in [0.3, 0.4) is 0 Å². The fourth-order valence-electron chi connectivity index (χ4n) is 2.84. The Kier molecular flexibility index (Phi) is 3.64. The summed E-state index contributed by atoms with van der Waals surface area (Å²) in [7, 11) is 3.40. The number of benzene rings is 2. The van der Waals surface area contributed by atoms with Crippen LogP contribution in [-0.4, -0.2) is 14.2 Å². The summed E-state index contributed by atoms with van der Waals surface area (Å²) >= 11 is 0. The standard InChI is InChI=1S/C18H20O2/c1-19-16-9-15(10-17(12-16)20-2)18-11-14(18)8-13-6-4-3-5-7-13/h3-7,9-10,12,14,18H,8,11H2,1-2H3/t14-,18+/m0/s1. The summed E-state index contributed by atoms with van der Waals surface area (Å²) in [6.07, 6.45) is 2.41. The summed E-state index contributed by atoms with van der Waals surface area (Å²) in [6.45, 7) is 0. The van der Waals surface area contributed by atoms with Crippen LogP contribution in [0.4, 0.5) is 0 Å². The van der Waals surface area contributed by atoms with Crippen molar-refractivity contribution in [2.75, 3.05) is 14.2 Å². The van der Waals surface area contributed by atoms with Gasteiger partial charge in [0.15, 0.2) is 0 Å². The van der Waals surface area contributed by atoms with E-state index >= 15 is 0 Å². The molecule has 1 aliphatic rings. The van der Waals surface area contributed by atoms with Crippen LogP contribution >= 0.6 is 0 Å². The van der Waals surface area contributed by atoms with E-state index in [9.17, 15) is 0 Å². The second kappa shape index (κ2) is 5.58. The SMILES string of the molecule is COc1cc(OC)cc([C@@H]2C[C@@H]2Cc2ccccc2)c1. The molecule has 2 heteroatoms. The molecule has 1 fully saturated rings. The Morgan fingerprint density at radius 3 is 2.20 bits per heavy atom. The molecule has 0 saturated heterocycles. The maximum atomic E-state index is 5.35. The molecule has 2 nitrogen and oxygen atoms in total. The molecular weight excluding hydrogens is 248 g/mol. The molecule has 0 N–H and O–H groups in total. The summed E-state index contributed by atoms with van der Waals surface area (Å²) in [4.78, 5) is 0. The molecule has 3 rings (SSSR count). The van der Waals surface area contributed by atoms with Crippen molar-refractivity contribution in [1.29, 1.82) is 0 Å². The zero-order valence-electron chi connectivity index (χ0n) is 12.0. The Hall–Kier alpha value is -1.96. The van der Waals surface area contributed by atoms with E-state index in [1.165, 1.54) is 17.5 Å². The summed E-state index contributed by atoms with van der Waals surface area (Å²) < 4.78 is 10.7. The maximum absolute atomic E-state index is 5.35. The summed E-state index contributed by atoms with van der Waals surface area (Å²) in [5.41, 5.74) is 2.76. The second-order valence-corrected chi connectivity index (χ2v) is 5.44. The number of hydrogen-bond donors (Lipinski definition) is 0. The molecule has 0 aliphatic heterocycles. The lowest BCUT2D eigenvalue weighted by molar-refractivity contribution is 0.393. The zero-order valence-corrected chi connectivity index (χ0v) is 12.0. The molecule has 0 radical (unpaired) electrons. The van der Waals surface area contributed by atoms with Gasteiger partial charge in [-0.25, -0.2) is 0 Å². The first kappa shape index (κ1) is 13.0. The van der Waals surface area contributed by atoms with Crippen molar-refractivity contribution in [1.82, 2.24) is 0 Å². The van der Waals surface area contributed by atoms with E-state index in [1.54, 1.807) is 14.2 Å². The molecule has 20 heavy (non-hydrogen) atoms. The van der Waals surface area contributed by atoms with Gasteiger partial charge < -0.3 is 9.47 Å². The second-order valence-electron chi connectivity index (χ2n) is 5.44. The first-order chi connectivity index (χ1) is 9.80. The smallest absolute Gasteiger partial charge is 0.122 e. The molecule has 2 aromatic rings. The third-order valence-electron chi connectivity index (χ3n) is 4.07. The highest BCUT2D eigenvalue weighted by molar-refractivity contribution is 5.42. The minimum absolute atomic E-state index is 0.638. The summed E-state index contributed by atoms with van der Waals surface area (Å²) in [5.74, 6) is 3.14. The molecule has 0 aromatic heterocycles. The minimum atomic E-state index is 0.638. The lowest BCUT2D eigenvalue weighted by atomic mass is 10.0. The molecule has 2 aromatic carbocycles. The molecule has 1 aliphatic carbocycles. The minimum Gasteiger partial charge on any atom is -0.497 e. The highest BCUT2D eigenvalue weighted by Gasteiger charge is 2.38. The topological polar surface area (TPSA) is 18.5 Å². The highest BCUT2D eigenvalue weighted by atomic mass is 16.5. The van der Waals surface area contributed by atoms with E-state index in [1.807, 2.05) is 6.07 Å². The quantitative estimate of drug-likeness (QED) is 0.814. The first-order valence-corrected chi connectivity index (χ1v) is 7.07.